The van der Waals surface area contributed by atoms with E-state index in [9.17, 15) is 13.9 Å². The van der Waals surface area contributed by atoms with Crippen molar-refractivity contribution in [3.05, 3.63) is 0 Å². The Balaban J connectivity index is 1.48. The highest BCUT2D eigenvalue weighted by molar-refractivity contribution is 4.92. The number of hydrogen-bond donors (Lipinski definition) is 1. The first-order valence-corrected chi connectivity index (χ1v) is 7.59. The molecule has 4 unspecified atom stereocenters. The van der Waals surface area contributed by atoms with Gasteiger partial charge in [-0.05, 0) is 62.2 Å². The smallest absolute Gasteiger partial charge is 0.248 e. The van der Waals surface area contributed by atoms with Crippen LogP contribution in [0.2, 0.25) is 0 Å². The molecule has 0 aromatic carbocycles. The Morgan fingerprint density at radius 3 is 2.33 bits per heavy atom. The fourth-order valence-electron chi connectivity index (χ4n) is 4.62. The molecule has 0 spiro atoms. The highest BCUT2D eigenvalue weighted by atomic mass is 19.3. The molecule has 0 aliphatic heterocycles. The average Bonchev–Trinajstić information content (AvgIpc) is 2.90. The minimum absolute atomic E-state index is 0.0224. The molecule has 3 aliphatic rings. The second kappa shape index (κ2) is 4.73. The van der Waals surface area contributed by atoms with Gasteiger partial charge in [-0.15, -0.1) is 0 Å². The molecular weight excluding hydrogens is 234 g/mol. The van der Waals surface area contributed by atoms with E-state index in [4.69, 9.17) is 0 Å². The van der Waals surface area contributed by atoms with E-state index in [1.165, 1.54) is 25.7 Å². The van der Waals surface area contributed by atoms with Crippen LogP contribution in [0.1, 0.15) is 57.8 Å². The van der Waals surface area contributed by atoms with E-state index in [0.717, 1.165) is 18.3 Å². The largest absolute Gasteiger partial charge is 0.393 e. The Morgan fingerprint density at radius 2 is 1.78 bits per heavy atom. The number of hydrogen-bond acceptors (Lipinski definition) is 1. The second-order valence-electron chi connectivity index (χ2n) is 6.93. The molecule has 3 fully saturated rings. The van der Waals surface area contributed by atoms with E-state index in [0.29, 0.717) is 18.8 Å². The third kappa shape index (κ3) is 2.56. The van der Waals surface area contributed by atoms with Crippen molar-refractivity contribution in [3.63, 3.8) is 0 Å². The van der Waals surface area contributed by atoms with E-state index in [2.05, 4.69) is 0 Å². The summed E-state index contributed by atoms with van der Waals surface area (Å²) in [6.07, 6.45) is 6.88. The average molecular weight is 258 g/mol. The quantitative estimate of drug-likeness (QED) is 0.811. The van der Waals surface area contributed by atoms with Crippen LogP contribution in [-0.4, -0.2) is 17.1 Å². The lowest BCUT2D eigenvalue weighted by Crippen LogP contribution is -2.32. The van der Waals surface area contributed by atoms with Gasteiger partial charge in [-0.1, -0.05) is 6.42 Å². The van der Waals surface area contributed by atoms with E-state index in [1.807, 2.05) is 0 Å². The summed E-state index contributed by atoms with van der Waals surface area (Å²) < 4.78 is 26.2. The molecule has 104 valence electrons. The Morgan fingerprint density at radius 1 is 1.06 bits per heavy atom. The first-order chi connectivity index (χ1) is 8.53. The van der Waals surface area contributed by atoms with Crippen LogP contribution in [0.25, 0.3) is 0 Å². The van der Waals surface area contributed by atoms with Gasteiger partial charge in [0.2, 0.25) is 5.92 Å². The summed E-state index contributed by atoms with van der Waals surface area (Å²) in [6.45, 7) is 0. The Labute approximate surface area is 108 Å². The van der Waals surface area contributed by atoms with Gasteiger partial charge in [0.1, 0.15) is 0 Å². The Kier molecular flexibility index (Phi) is 3.38. The van der Waals surface area contributed by atoms with Gasteiger partial charge >= 0.3 is 0 Å². The molecule has 0 heterocycles. The molecule has 2 bridgehead atoms. The van der Waals surface area contributed by atoms with Gasteiger partial charge < -0.3 is 5.11 Å². The van der Waals surface area contributed by atoms with Crippen LogP contribution in [0.3, 0.4) is 0 Å². The number of alkyl halides is 2. The fourth-order valence-corrected chi connectivity index (χ4v) is 4.62. The highest BCUT2D eigenvalue weighted by Crippen LogP contribution is 2.50. The fraction of sp³-hybridized carbons (Fsp3) is 1.00. The van der Waals surface area contributed by atoms with Crippen molar-refractivity contribution in [3.8, 4) is 0 Å². The number of aliphatic hydroxyl groups is 1. The van der Waals surface area contributed by atoms with Gasteiger partial charge in [0.05, 0.1) is 6.10 Å². The summed E-state index contributed by atoms with van der Waals surface area (Å²) in [5, 5.41) is 10.3. The number of halogens is 2. The van der Waals surface area contributed by atoms with Gasteiger partial charge in [0, 0.05) is 12.8 Å². The minimum Gasteiger partial charge on any atom is -0.393 e. The predicted molar refractivity (Wildman–Crippen MR) is 66.5 cm³/mol. The molecular formula is C15H24F2O. The van der Waals surface area contributed by atoms with E-state index < -0.39 is 5.92 Å². The molecule has 1 nitrogen and oxygen atoms in total. The van der Waals surface area contributed by atoms with Crippen molar-refractivity contribution in [1.29, 1.82) is 0 Å². The first kappa shape index (κ1) is 12.8. The van der Waals surface area contributed by atoms with E-state index in [-0.39, 0.29) is 24.9 Å². The zero-order valence-electron chi connectivity index (χ0n) is 11.0. The molecule has 3 saturated carbocycles. The molecule has 4 atom stereocenters. The van der Waals surface area contributed by atoms with Gasteiger partial charge in [0.25, 0.3) is 0 Å². The summed E-state index contributed by atoms with van der Waals surface area (Å²) >= 11 is 0. The normalized spacial score (nSPS) is 41.2. The molecule has 0 aromatic rings. The van der Waals surface area contributed by atoms with E-state index in [1.54, 1.807) is 0 Å². The Bertz CT molecular complexity index is 295. The van der Waals surface area contributed by atoms with Crippen LogP contribution in [0.5, 0.6) is 0 Å². The lowest BCUT2D eigenvalue weighted by atomic mass is 9.77. The summed E-state index contributed by atoms with van der Waals surface area (Å²) in [4.78, 5) is 0. The summed E-state index contributed by atoms with van der Waals surface area (Å²) in [5.41, 5.74) is 0. The van der Waals surface area contributed by atoms with Crippen LogP contribution in [0.4, 0.5) is 8.78 Å². The maximum absolute atomic E-state index is 13.1. The van der Waals surface area contributed by atoms with Crippen molar-refractivity contribution in [2.45, 2.75) is 69.8 Å². The third-order valence-electron chi connectivity index (χ3n) is 5.73. The monoisotopic (exact) mass is 258 g/mol. The molecule has 0 radical (unpaired) electrons. The molecule has 0 saturated heterocycles. The van der Waals surface area contributed by atoms with Crippen molar-refractivity contribution in [2.75, 3.05) is 0 Å². The number of aliphatic hydroxyl groups excluding tert-OH is 1. The number of fused-ring (bicyclic) bond motifs is 2. The maximum atomic E-state index is 13.1. The molecule has 3 rings (SSSR count). The predicted octanol–water partition coefficient (Wildman–Crippen LogP) is 4.00. The van der Waals surface area contributed by atoms with Gasteiger partial charge in [-0.2, -0.15) is 0 Å². The molecule has 0 amide bonds. The minimum atomic E-state index is -2.47. The van der Waals surface area contributed by atoms with Crippen LogP contribution in [0, 0.1) is 23.7 Å². The summed E-state index contributed by atoms with van der Waals surface area (Å²) in [7, 11) is 0. The van der Waals surface area contributed by atoms with E-state index >= 15 is 0 Å². The maximum Gasteiger partial charge on any atom is 0.248 e. The van der Waals surface area contributed by atoms with Crippen molar-refractivity contribution in [2.24, 2.45) is 23.7 Å². The molecule has 18 heavy (non-hydrogen) atoms. The zero-order valence-corrected chi connectivity index (χ0v) is 11.0. The zero-order chi connectivity index (χ0) is 12.8. The SMILES string of the molecule is OC(CC1CC2CCC1C2)C1CCC(F)(F)CC1. The van der Waals surface area contributed by atoms with Crippen LogP contribution in [0.15, 0.2) is 0 Å². The molecule has 3 aliphatic carbocycles. The standard InChI is InChI=1S/C15H24F2O/c16-15(17)5-3-11(4-6-15)14(18)9-13-8-10-1-2-12(13)7-10/h10-14,18H,1-9H2. The second-order valence-corrected chi connectivity index (χ2v) is 6.93. The topological polar surface area (TPSA) is 20.2 Å². The van der Waals surface area contributed by atoms with Crippen molar-refractivity contribution >= 4 is 0 Å². The van der Waals surface area contributed by atoms with Crippen molar-refractivity contribution in [1.82, 2.24) is 0 Å². The van der Waals surface area contributed by atoms with Crippen LogP contribution in [-0.2, 0) is 0 Å². The van der Waals surface area contributed by atoms with Gasteiger partial charge in [0.15, 0.2) is 0 Å². The lowest BCUT2D eigenvalue weighted by Gasteiger charge is -2.33. The third-order valence-corrected chi connectivity index (χ3v) is 5.73. The lowest BCUT2D eigenvalue weighted by molar-refractivity contribution is -0.0655. The number of rotatable bonds is 3. The molecule has 3 heteroatoms. The first-order valence-electron chi connectivity index (χ1n) is 7.59. The van der Waals surface area contributed by atoms with Crippen LogP contribution >= 0.6 is 0 Å². The molecule has 0 aromatic heterocycles. The van der Waals surface area contributed by atoms with Gasteiger partial charge in [-0.3, -0.25) is 0 Å². The van der Waals surface area contributed by atoms with Gasteiger partial charge in [-0.25, -0.2) is 8.78 Å². The van der Waals surface area contributed by atoms with Crippen molar-refractivity contribution < 1.29 is 13.9 Å². The van der Waals surface area contributed by atoms with Crippen LogP contribution < -0.4 is 0 Å². The summed E-state index contributed by atoms with van der Waals surface area (Å²) in [5.74, 6) is 0.0744. The summed E-state index contributed by atoms with van der Waals surface area (Å²) in [6, 6.07) is 0. The Hall–Kier alpha value is -0.180. The molecule has 1 N–H and O–H groups in total. The highest BCUT2D eigenvalue weighted by Gasteiger charge is 2.42.